The molecule has 0 spiro atoms. The van der Waals surface area contributed by atoms with Crippen LogP contribution in [-0.4, -0.2) is 14.8 Å². The molecule has 0 aliphatic rings. The lowest BCUT2D eigenvalue weighted by Gasteiger charge is -2.10. The molecule has 1 atom stereocenters. The number of para-hydroxylation sites is 1. The number of anilines is 1. The summed E-state index contributed by atoms with van der Waals surface area (Å²) in [5.41, 5.74) is 2.10. The van der Waals surface area contributed by atoms with E-state index in [1.165, 1.54) is 4.70 Å². The summed E-state index contributed by atoms with van der Waals surface area (Å²) in [5.74, 6) is 0. The van der Waals surface area contributed by atoms with Crippen molar-refractivity contribution >= 4 is 27.2 Å². The summed E-state index contributed by atoms with van der Waals surface area (Å²) in [6, 6.07) is 8.80. The van der Waals surface area contributed by atoms with Gasteiger partial charge in [0.1, 0.15) is 5.01 Å². The van der Waals surface area contributed by atoms with Crippen LogP contribution < -0.4 is 5.32 Å². The third-order valence-electron chi connectivity index (χ3n) is 3.19. The predicted octanol–water partition coefficient (Wildman–Crippen LogP) is 4.25. The molecule has 2 aromatic heterocycles. The summed E-state index contributed by atoms with van der Waals surface area (Å²) in [4.78, 5) is 4.68. The summed E-state index contributed by atoms with van der Waals surface area (Å²) >= 11 is 1.74. The van der Waals surface area contributed by atoms with E-state index in [0.29, 0.717) is 6.04 Å². The molecule has 2 heterocycles. The fourth-order valence-electron chi connectivity index (χ4n) is 2.08. The molecule has 0 radical (unpaired) electrons. The van der Waals surface area contributed by atoms with Gasteiger partial charge < -0.3 is 5.32 Å². The van der Waals surface area contributed by atoms with Crippen LogP contribution in [0.25, 0.3) is 10.2 Å². The van der Waals surface area contributed by atoms with Crippen LogP contribution in [-0.2, 0) is 0 Å². The maximum atomic E-state index is 4.68. The number of thiazole rings is 1. The number of aromatic nitrogens is 3. The Hall–Kier alpha value is -1.88. The molecule has 1 N–H and O–H groups in total. The van der Waals surface area contributed by atoms with Crippen LogP contribution in [0.3, 0.4) is 0 Å². The third-order valence-corrected chi connectivity index (χ3v) is 4.41. The van der Waals surface area contributed by atoms with Gasteiger partial charge in [0.2, 0.25) is 0 Å². The standard InChI is InChI=1S/C15H18N4S/c1-10(2)19-9-12(8-16-19)17-11(3)15-18-13-6-4-5-7-14(13)20-15/h4-11,17H,1-3H3. The van der Waals surface area contributed by atoms with Gasteiger partial charge in [0.15, 0.2) is 0 Å². The van der Waals surface area contributed by atoms with Crippen molar-refractivity contribution in [2.75, 3.05) is 5.32 Å². The Morgan fingerprint density at radius 1 is 1.20 bits per heavy atom. The van der Waals surface area contributed by atoms with Gasteiger partial charge in [-0.05, 0) is 32.9 Å². The minimum absolute atomic E-state index is 0.178. The molecule has 0 saturated heterocycles. The number of hydrogen-bond donors (Lipinski definition) is 1. The van der Waals surface area contributed by atoms with Crippen molar-refractivity contribution in [1.82, 2.24) is 14.8 Å². The maximum absolute atomic E-state index is 4.68. The first-order chi connectivity index (χ1) is 9.63. The number of nitrogens with zero attached hydrogens (tertiary/aromatic N) is 3. The topological polar surface area (TPSA) is 42.7 Å². The highest BCUT2D eigenvalue weighted by atomic mass is 32.1. The van der Waals surface area contributed by atoms with E-state index in [0.717, 1.165) is 16.2 Å². The van der Waals surface area contributed by atoms with Gasteiger partial charge in [-0.25, -0.2) is 4.98 Å². The monoisotopic (exact) mass is 286 g/mol. The van der Waals surface area contributed by atoms with Gasteiger partial charge in [-0.2, -0.15) is 5.10 Å². The zero-order chi connectivity index (χ0) is 14.1. The normalized spacial score (nSPS) is 13.0. The van der Waals surface area contributed by atoms with Crippen LogP contribution in [0.1, 0.15) is 37.9 Å². The molecule has 1 aromatic carbocycles. The quantitative estimate of drug-likeness (QED) is 0.779. The maximum Gasteiger partial charge on any atom is 0.116 e. The minimum Gasteiger partial charge on any atom is -0.374 e. The van der Waals surface area contributed by atoms with Crippen molar-refractivity contribution in [3.63, 3.8) is 0 Å². The van der Waals surface area contributed by atoms with E-state index < -0.39 is 0 Å². The Labute approximate surface area is 122 Å². The molecule has 1 unspecified atom stereocenters. The Balaban J connectivity index is 1.79. The largest absolute Gasteiger partial charge is 0.374 e. The summed E-state index contributed by atoms with van der Waals surface area (Å²) in [6.45, 7) is 6.37. The first-order valence-corrected chi connectivity index (χ1v) is 7.61. The van der Waals surface area contributed by atoms with Crippen LogP contribution in [0.5, 0.6) is 0 Å². The van der Waals surface area contributed by atoms with E-state index in [9.17, 15) is 0 Å². The second kappa shape index (κ2) is 5.25. The lowest BCUT2D eigenvalue weighted by Crippen LogP contribution is -2.05. The zero-order valence-corrected chi connectivity index (χ0v) is 12.7. The molecule has 3 aromatic rings. The molecule has 3 rings (SSSR count). The van der Waals surface area contributed by atoms with Gasteiger partial charge in [-0.1, -0.05) is 12.1 Å². The van der Waals surface area contributed by atoms with Crippen LogP contribution in [0.15, 0.2) is 36.7 Å². The van der Waals surface area contributed by atoms with E-state index >= 15 is 0 Å². The molecule has 0 amide bonds. The van der Waals surface area contributed by atoms with Crippen LogP contribution in [0, 0.1) is 0 Å². The molecule has 0 aliphatic heterocycles. The van der Waals surface area contributed by atoms with Gasteiger partial charge in [0.05, 0.1) is 28.1 Å². The van der Waals surface area contributed by atoms with Crippen molar-refractivity contribution < 1.29 is 0 Å². The van der Waals surface area contributed by atoms with Gasteiger partial charge in [0.25, 0.3) is 0 Å². The first kappa shape index (κ1) is 13.1. The SMILES string of the molecule is CC(Nc1cnn(C(C)C)c1)c1nc2ccccc2s1. The summed E-state index contributed by atoms with van der Waals surface area (Å²) in [7, 11) is 0. The lowest BCUT2D eigenvalue weighted by molar-refractivity contribution is 0.532. The average molecular weight is 286 g/mol. The van der Waals surface area contributed by atoms with E-state index in [1.807, 2.05) is 23.1 Å². The molecule has 0 saturated carbocycles. The van der Waals surface area contributed by atoms with Gasteiger partial charge in [0, 0.05) is 12.2 Å². The number of benzene rings is 1. The second-order valence-electron chi connectivity index (χ2n) is 5.19. The Bertz CT molecular complexity index is 680. The molecular formula is C15H18N4S. The summed E-state index contributed by atoms with van der Waals surface area (Å²) in [5, 5.41) is 8.90. The minimum atomic E-state index is 0.178. The Kier molecular flexibility index (Phi) is 3.44. The first-order valence-electron chi connectivity index (χ1n) is 6.79. The average Bonchev–Trinajstić information content (AvgIpc) is 3.04. The highest BCUT2D eigenvalue weighted by Gasteiger charge is 2.12. The van der Waals surface area contributed by atoms with Gasteiger partial charge in [-0.15, -0.1) is 11.3 Å². The number of nitrogens with one attached hydrogen (secondary N) is 1. The summed E-state index contributed by atoms with van der Waals surface area (Å²) < 4.78 is 3.18. The number of rotatable bonds is 4. The fourth-order valence-corrected chi connectivity index (χ4v) is 3.05. The molecular weight excluding hydrogens is 268 g/mol. The molecule has 4 nitrogen and oxygen atoms in total. The van der Waals surface area contributed by atoms with Crippen molar-refractivity contribution in [3.8, 4) is 0 Å². The van der Waals surface area contributed by atoms with Gasteiger partial charge in [-0.3, -0.25) is 4.68 Å². The number of fused-ring (bicyclic) bond motifs is 1. The van der Waals surface area contributed by atoms with E-state index in [2.05, 4.69) is 54.4 Å². The molecule has 0 bridgehead atoms. The van der Waals surface area contributed by atoms with Crippen molar-refractivity contribution in [1.29, 1.82) is 0 Å². The Morgan fingerprint density at radius 3 is 2.70 bits per heavy atom. The lowest BCUT2D eigenvalue weighted by atomic mass is 10.3. The highest BCUT2D eigenvalue weighted by Crippen LogP contribution is 2.28. The second-order valence-corrected chi connectivity index (χ2v) is 6.25. The molecule has 104 valence electrons. The van der Waals surface area contributed by atoms with Crippen molar-refractivity contribution in [2.45, 2.75) is 32.9 Å². The summed E-state index contributed by atoms with van der Waals surface area (Å²) in [6.07, 6.45) is 3.90. The fraction of sp³-hybridized carbons (Fsp3) is 0.333. The van der Waals surface area contributed by atoms with Crippen molar-refractivity contribution in [2.24, 2.45) is 0 Å². The predicted molar refractivity (Wildman–Crippen MR) is 84.3 cm³/mol. The molecule has 5 heteroatoms. The molecule has 0 aliphatic carbocycles. The smallest absolute Gasteiger partial charge is 0.116 e. The van der Waals surface area contributed by atoms with Crippen LogP contribution >= 0.6 is 11.3 Å². The third kappa shape index (κ3) is 2.54. The molecule has 0 fully saturated rings. The highest BCUT2D eigenvalue weighted by molar-refractivity contribution is 7.18. The van der Waals surface area contributed by atoms with Crippen LogP contribution in [0.2, 0.25) is 0 Å². The Morgan fingerprint density at radius 2 is 2.00 bits per heavy atom. The van der Waals surface area contributed by atoms with Crippen molar-refractivity contribution in [3.05, 3.63) is 41.7 Å². The number of hydrogen-bond acceptors (Lipinski definition) is 4. The molecule has 20 heavy (non-hydrogen) atoms. The zero-order valence-electron chi connectivity index (χ0n) is 11.9. The van der Waals surface area contributed by atoms with E-state index in [-0.39, 0.29) is 6.04 Å². The van der Waals surface area contributed by atoms with E-state index in [4.69, 9.17) is 0 Å². The van der Waals surface area contributed by atoms with Gasteiger partial charge >= 0.3 is 0 Å². The van der Waals surface area contributed by atoms with E-state index in [1.54, 1.807) is 11.3 Å². The van der Waals surface area contributed by atoms with Crippen LogP contribution in [0.4, 0.5) is 5.69 Å².